The Kier molecular flexibility index (Phi) is 8.33. The molecule has 43 heavy (non-hydrogen) atoms. The Balaban J connectivity index is 1.38. The first-order chi connectivity index (χ1) is 20.6. The summed E-state index contributed by atoms with van der Waals surface area (Å²) in [5, 5.41) is 6.17. The molecule has 0 atom stereocenters. The molecule has 2 N–H and O–H groups in total. The Morgan fingerprint density at radius 1 is 0.791 bits per heavy atom. The van der Waals surface area contributed by atoms with E-state index in [4.69, 9.17) is 0 Å². The summed E-state index contributed by atoms with van der Waals surface area (Å²) in [5.41, 5.74) is 2.04. The number of thiazole rings is 1. The second-order valence-corrected chi connectivity index (χ2v) is 15.5. The first kappa shape index (κ1) is 29.8. The number of rotatable bonds is 10. The minimum atomic E-state index is -4.08. The average Bonchev–Trinajstić information content (AvgIpc) is 3.50. The molecule has 222 valence electrons. The Morgan fingerprint density at radius 2 is 1.44 bits per heavy atom. The van der Waals surface area contributed by atoms with Gasteiger partial charge in [0.2, 0.25) is 5.52 Å². The minimum absolute atomic E-state index is 0.264. The first-order valence-electron chi connectivity index (χ1n) is 13.7. The summed E-state index contributed by atoms with van der Waals surface area (Å²) in [5.74, 6) is -0.645. The SMILES string of the molecule is O=S(=O)(O)CCCN1C(=CC=Cc2sc3ccc4ccccc4c3[n+]2CCCS(=O)(=O)O)Sc2ccc3ccccc3c21. The zero-order chi connectivity index (χ0) is 30.2. The van der Waals surface area contributed by atoms with Crippen LogP contribution in [0.2, 0.25) is 0 Å². The van der Waals surface area contributed by atoms with E-state index < -0.39 is 20.2 Å². The van der Waals surface area contributed by atoms with E-state index >= 15 is 0 Å². The summed E-state index contributed by atoms with van der Waals surface area (Å²) in [6.07, 6.45) is 6.48. The van der Waals surface area contributed by atoms with Gasteiger partial charge in [0.25, 0.3) is 25.2 Å². The summed E-state index contributed by atoms with van der Waals surface area (Å²) in [6.45, 7) is 0.829. The summed E-state index contributed by atoms with van der Waals surface area (Å²) < 4.78 is 67.6. The van der Waals surface area contributed by atoms with Crippen LogP contribution in [0, 0.1) is 0 Å². The summed E-state index contributed by atoms with van der Waals surface area (Å²) in [6, 6.07) is 24.4. The summed E-state index contributed by atoms with van der Waals surface area (Å²) >= 11 is 3.21. The molecule has 0 unspecified atom stereocenters. The van der Waals surface area contributed by atoms with Crippen molar-refractivity contribution in [1.82, 2.24) is 0 Å². The fourth-order valence-electron chi connectivity index (χ4n) is 5.46. The van der Waals surface area contributed by atoms with Crippen LogP contribution in [0.15, 0.2) is 94.9 Å². The molecule has 1 aliphatic rings. The van der Waals surface area contributed by atoms with E-state index in [1.807, 2.05) is 54.6 Å². The molecule has 6 rings (SSSR count). The number of thioether (sulfide) groups is 1. The fraction of sp³-hybridized carbons (Fsp3) is 0.194. The Bertz CT molecular complexity index is 2140. The largest absolute Gasteiger partial charge is 0.334 e. The van der Waals surface area contributed by atoms with Crippen LogP contribution in [0.5, 0.6) is 0 Å². The molecule has 1 aromatic heterocycles. The second-order valence-electron chi connectivity index (χ2n) is 10.3. The lowest BCUT2D eigenvalue weighted by molar-refractivity contribution is -0.667. The molecule has 0 bridgehead atoms. The van der Waals surface area contributed by atoms with Crippen molar-refractivity contribution in [2.24, 2.45) is 0 Å². The van der Waals surface area contributed by atoms with Crippen molar-refractivity contribution in [3.05, 3.63) is 95.0 Å². The van der Waals surface area contributed by atoms with Crippen LogP contribution in [0.1, 0.15) is 17.8 Å². The topological polar surface area (TPSA) is 116 Å². The third kappa shape index (κ3) is 6.64. The molecule has 4 aromatic carbocycles. The number of nitrogens with zero attached hydrogens (tertiary/aromatic N) is 2. The first-order valence-corrected chi connectivity index (χ1v) is 18.5. The monoisotopic (exact) mass is 653 g/mol. The predicted octanol–water partition coefficient (Wildman–Crippen LogP) is 6.52. The van der Waals surface area contributed by atoms with Gasteiger partial charge in [-0.1, -0.05) is 83.8 Å². The summed E-state index contributed by atoms with van der Waals surface area (Å²) in [4.78, 5) is 3.18. The van der Waals surface area contributed by atoms with Crippen LogP contribution in [0.4, 0.5) is 5.69 Å². The van der Waals surface area contributed by atoms with Gasteiger partial charge < -0.3 is 4.90 Å². The van der Waals surface area contributed by atoms with E-state index in [9.17, 15) is 25.9 Å². The van der Waals surface area contributed by atoms with E-state index in [0.717, 1.165) is 52.4 Å². The molecule has 8 nitrogen and oxygen atoms in total. The molecular weight excluding hydrogens is 625 g/mol. The maximum Gasteiger partial charge on any atom is 0.265 e. The van der Waals surface area contributed by atoms with E-state index in [2.05, 4.69) is 45.9 Å². The van der Waals surface area contributed by atoms with Crippen LogP contribution >= 0.6 is 23.1 Å². The number of anilines is 1. The van der Waals surface area contributed by atoms with E-state index in [1.54, 1.807) is 23.1 Å². The highest BCUT2D eigenvalue weighted by Crippen LogP contribution is 2.49. The van der Waals surface area contributed by atoms with Crippen LogP contribution in [-0.2, 0) is 26.8 Å². The molecule has 2 heterocycles. The van der Waals surface area contributed by atoms with Gasteiger partial charge in [-0.2, -0.15) is 21.4 Å². The van der Waals surface area contributed by atoms with E-state index in [-0.39, 0.29) is 24.3 Å². The lowest BCUT2D eigenvalue weighted by Gasteiger charge is -2.21. The van der Waals surface area contributed by atoms with Gasteiger partial charge in [-0.15, -0.1) is 0 Å². The van der Waals surface area contributed by atoms with Crippen molar-refractivity contribution < 1.29 is 30.5 Å². The Hall–Kier alpha value is -3.26. The molecule has 12 heteroatoms. The van der Waals surface area contributed by atoms with Crippen molar-refractivity contribution in [1.29, 1.82) is 0 Å². The molecule has 0 fully saturated rings. The fourth-order valence-corrected chi connectivity index (χ4v) is 8.69. The predicted molar refractivity (Wildman–Crippen MR) is 176 cm³/mol. The molecule has 5 aromatic rings. The number of allylic oxidation sites excluding steroid dienone is 2. The standard InChI is InChI=1S/C31H28N2O6S4/c34-42(35,36)20-6-18-32-28(40-26-16-14-22-8-1-3-10-24(22)30(26)32)12-5-13-29-33(19-7-21-43(37,38)39)31-25-11-4-2-9-23(25)15-17-27(31)41-29/h1-5,8-17H,6-7,18-21H2,(H-,34,35,36,37,38,39)/p+1. The van der Waals surface area contributed by atoms with Crippen LogP contribution in [-0.4, -0.2) is 44.0 Å². The highest BCUT2D eigenvalue weighted by molar-refractivity contribution is 8.03. The average molecular weight is 654 g/mol. The minimum Gasteiger partial charge on any atom is -0.334 e. The van der Waals surface area contributed by atoms with E-state index in [0.29, 0.717) is 13.1 Å². The Morgan fingerprint density at radius 3 is 2.19 bits per heavy atom. The molecule has 0 saturated heterocycles. The molecule has 0 saturated carbocycles. The number of benzene rings is 4. The smallest absolute Gasteiger partial charge is 0.265 e. The Labute approximate surface area is 258 Å². The van der Waals surface area contributed by atoms with Gasteiger partial charge in [0.15, 0.2) is 6.54 Å². The van der Waals surface area contributed by atoms with Crippen LogP contribution in [0.25, 0.3) is 37.8 Å². The molecule has 0 amide bonds. The summed E-state index contributed by atoms with van der Waals surface area (Å²) in [7, 11) is -8.16. The van der Waals surface area contributed by atoms with Gasteiger partial charge in [-0.25, -0.2) is 0 Å². The lowest BCUT2D eigenvalue weighted by atomic mass is 10.1. The zero-order valence-corrected chi connectivity index (χ0v) is 26.2. The molecule has 0 radical (unpaired) electrons. The second kappa shape index (κ2) is 12.0. The van der Waals surface area contributed by atoms with Crippen molar-refractivity contribution >= 4 is 86.9 Å². The third-order valence-corrected chi connectivity index (χ3v) is 11.1. The normalized spacial score (nSPS) is 15.0. The molecule has 1 aliphatic heterocycles. The van der Waals surface area contributed by atoms with Crippen molar-refractivity contribution in [3.8, 4) is 0 Å². The maximum absolute atomic E-state index is 11.4. The van der Waals surface area contributed by atoms with Crippen molar-refractivity contribution in [2.75, 3.05) is 23.0 Å². The molecular formula is C31H29N2O6S4+. The third-order valence-electron chi connectivity index (χ3n) is 7.27. The van der Waals surface area contributed by atoms with Crippen molar-refractivity contribution in [2.45, 2.75) is 24.3 Å². The van der Waals surface area contributed by atoms with Gasteiger partial charge >= 0.3 is 0 Å². The highest BCUT2D eigenvalue weighted by atomic mass is 32.2. The number of hydrogen-bond acceptors (Lipinski definition) is 7. The number of aromatic nitrogens is 1. The van der Waals surface area contributed by atoms with Crippen LogP contribution < -0.4 is 9.47 Å². The van der Waals surface area contributed by atoms with Crippen molar-refractivity contribution in [3.63, 3.8) is 0 Å². The highest BCUT2D eigenvalue weighted by Gasteiger charge is 2.27. The van der Waals surface area contributed by atoms with Gasteiger partial charge in [0.05, 0.1) is 27.6 Å². The van der Waals surface area contributed by atoms with E-state index in [1.165, 1.54) is 0 Å². The maximum atomic E-state index is 11.4. The van der Waals surface area contributed by atoms with Gasteiger partial charge in [-0.3, -0.25) is 9.11 Å². The van der Waals surface area contributed by atoms with Crippen LogP contribution in [0.3, 0.4) is 0 Å². The zero-order valence-electron chi connectivity index (χ0n) is 23.0. The van der Waals surface area contributed by atoms with Gasteiger partial charge in [0, 0.05) is 29.3 Å². The molecule has 0 aliphatic carbocycles. The van der Waals surface area contributed by atoms with Gasteiger partial charge in [-0.05, 0) is 41.5 Å². The number of fused-ring (bicyclic) bond motifs is 6. The number of hydrogen-bond donors (Lipinski definition) is 2. The number of aryl methyl sites for hydroxylation is 1. The molecule has 0 spiro atoms. The quantitative estimate of drug-likeness (QED) is 0.129. The lowest BCUT2D eigenvalue weighted by Crippen LogP contribution is -2.36. The van der Waals surface area contributed by atoms with Gasteiger partial charge in [0.1, 0.15) is 4.70 Å².